The SMILES string of the molecule is CC.CCC1CC(C)CC2(C)CCC12. The molecule has 4 unspecified atom stereocenters. The molecule has 0 bridgehead atoms. The van der Waals surface area contributed by atoms with Gasteiger partial charge in [0.1, 0.15) is 0 Å². The van der Waals surface area contributed by atoms with E-state index in [4.69, 9.17) is 0 Å². The van der Waals surface area contributed by atoms with Crippen molar-refractivity contribution in [2.75, 3.05) is 0 Å². The van der Waals surface area contributed by atoms with Crippen molar-refractivity contribution in [1.29, 1.82) is 0 Å². The van der Waals surface area contributed by atoms with Crippen LogP contribution in [0.15, 0.2) is 0 Å². The molecule has 0 N–H and O–H groups in total. The summed E-state index contributed by atoms with van der Waals surface area (Å²) in [6, 6.07) is 0. The van der Waals surface area contributed by atoms with Gasteiger partial charge < -0.3 is 0 Å². The van der Waals surface area contributed by atoms with Gasteiger partial charge in [-0.1, -0.05) is 41.0 Å². The average Bonchev–Trinajstić information content (AvgIpc) is 2.16. The van der Waals surface area contributed by atoms with Crippen LogP contribution in [-0.4, -0.2) is 0 Å². The van der Waals surface area contributed by atoms with Crippen molar-refractivity contribution in [1.82, 2.24) is 0 Å². The van der Waals surface area contributed by atoms with Crippen LogP contribution in [0.3, 0.4) is 0 Å². The van der Waals surface area contributed by atoms with Crippen LogP contribution in [-0.2, 0) is 0 Å². The van der Waals surface area contributed by atoms with Gasteiger partial charge in [-0.05, 0) is 48.9 Å². The van der Waals surface area contributed by atoms with Gasteiger partial charge in [-0.3, -0.25) is 0 Å². The first-order chi connectivity index (χ1) is 6.65. The lowest BCUT2D eigenvalue weighted by molar-refractivity contribution is -0.0618. The van der Waals surface area contributed by atoms with Gasteiger partial charge in [0.25, 0.3) is 0 Å². The molecule has 0 aromatic carbocycles. The molecule has 0 amide bonds. The van der Waals surface area contributed by atoms with Crippen LogP contribution in [0.5, 0.6) is 0 Å². The largest absolute Gasteiger partial charge is 0.0683 e. The smallest absolute Gasteiger partial charge is 0.0292 e. The first-order valence-corrected chi connectivity index (χ1v) is 6.65. The summed E-state index contributed by atoms with van der Waals surface area (Å²) in [6.07, 6.45) is 7.48. The molecule has 14 heavy (non-hydrogen) atoms. The normalized spacial score (nSPS) is 45.6. The van der Waals surface area contributed by atoms with Gasteiger partial charge in [0.2, 0.25) is 0 Å². The Hall–Kier alpha value is 0. The van der Waals surface area contributed by atoms with Crippen molar-refractivity contribution in [3.63, 3.8) is 0 Å². The maximum absolute atomic E-state index is 2.53. The monoisotopic (exact) mass is 196 g/mol. The van der Waals surface area contributed by atoms with E-state index in [1.54, 1.807) is 0 Å². The highest BCUT2D eigenvalue weighted by Crippen LogP contribution is 2.59. The molecular weight excluding hydrogens is 168 g/mol. The maximum Gasteiger partial charge on any atom is -0.0292 e. The van der Waals surface area contributed by atoms with E-state index < -0.39 is 0 Å². The highest BCUT2D eigenvalue weighted by molar-refractivity contribution is 4.99. The minimum atomic E-state index is 0.762. The number of hydrogen-bond acceptors (Lipinski definition) is 0. The summed E-state index contributed by atoms with van der Waals surface area (Å²) in [7, 11) is 0. The van der Waals surface area contributed by atoms with E-state index in [0.717, 1.165) is 23.2 Å². The summed E-state index contributed by atoms with van der Waals surface area (Å²) in [5, 5.41) is 0. The Bertz CT molecular complexity index is 173. The summed E-state index contributed by atoms with van der Waals surface area (Å²) in [5.41, 5.74) is 0.762. The molecule has 2 saturated carbocycles. The van der Waals surface area contributed by atoms with Crippen molar-refractivity contribution < 1.29 is 0 Å². The minimum absolute atomic E-state index is 0.762. The molecule has 0 heteroatoms. The Kier molecular flexibility index (Phi) is 4.04. The number of fused-ring (bicyclic) bond motifs is 1. The second-order valence-corrected chi connectivity index (χ2v) is 5.51. The fourth-order valence-electron chi connectivity index (χ4n) is 3.87. The summed E-state index contributed by atoms with van der Waals surface area (Å²) < 4.78 is 0. The Morgan fingerprint density at radius 2 is 1.93 bits per heavy atom. The molecular formula is C14H28. The van der Waals surface area contributed by atoms with Crippen LogP contribution in [0.4, 0.5) is 0 Å². The van der Waals surface area contributed by atoms with Crippen LogP contribution in [0.2, 0.25) is 0 Å². The van der Waals surface area contributed by atoms with E-state index in [2.05, 4.69) is 20.8 Å². The van der Waals surface area contributed by atoms with Crippen molar-refractivity contribution in [3.05, 3.63) is 0 Å². The standard InChI is InChI=1S/C12H22.C2H6/c1-4-10-7-9(2)8-12(3)6-5-11(10)12;1-2/h9-11H,4-8H2,1-3H3;1-2H3. The molecule has 0 aliphatic heterocycles. The van der Waals surface area contributed by atoms with Gasteiger partial charge in [0, 0.05) is 0 Å². The van der Waals surface area contributed by atoms with Crippen molar-refractivity contribution >= 4 is 0 Å². The van der Waals surface area contributed by atoms with E-state index in [-0.39, 0.29) is 0 Å². The molecule has 2 fully saturated rings. The zero-order valence-electron chi connectivity index (χ0n) is 10.8. The molecule has 0 radical (unpaired) electrons. The second-order valence-electron chi connectivity index (χ2n) is 5.51. The molecule has 2 aliphatic rings. The number of hydrogen-bond donors (Lipinski definition) is 0. The number of rotatable bonds is 1. The molecule has 2 aliphatic carbocycles. The maximum atomic E-state index is 2.53. The third-order valence-electron chi connectivity index (χ3n) is 4.53. The Balaban J connectivity index is 0.000000461. The average molecular weight is 196 g/mol. The molecule has 0 saturated heterocycles. The Morgan fingerprint density at radius 1 is 1.29 bits per heavy atom. The van der Waals surface area contributed by atoms with Crippen molar-refractivity contribution in [2.45, 2.75) is 66.7 Å². The lowest BCUT2D eigenvalue weighted by atomic mass is 9.49. The summed E-state index contributed by atoms with van der Waals surface area (Å²) in [5.74, 6) is 3.16. The molecule has 0 aromatic heterocycles. The Morgan fingerprint density at radius 3 is 2.36 bits per heavy atom. The summed E-state index contributed by atoms with van der Waals surface area (Å²) >= 11 is 0. The molecule has 0 heterocycles. The van der Waals surface area contributed by atoms with Crippen molar-refractivity contribution in [2.24, 2.45) is 23.2 Å². The van der Waals surface area contributed by atoms with E-state index in [0.29, 0.717) is 0 Å². The van der Waals surface area contributed by atoms with Gasteiger partial charge >= 0.3 is 0 Å². The predicted molar refractivity (Wildman–Crippen MR) is 64.4 cm³/mol. The molecule has 4 atom stereocenters. The van der Waals surface area contributed by atoms with E-state index in [1.165, 1.54) is 32.1 Å². The fourth-order valence-corrected chi connectivity index (χ4v) is 3.87. The lowest BCUT2D eigenvalue weighted by Gasteiger charge is -2.56. The van der Waals surface area contributed by atoms with Crippen LogP contribution in [0.1, 0.15) is 66.7 Å². The van der Waals surface area contributed by atoms with Crippen LogP contribution in [0, 0.1) is 23.2 Å². The molecule has 0 nitrogen and oxygen atoms in total. The van der Waals surface area contributed by atoms with Gasteiger partial charge in [0.05, 0.1) is 0 Å². The minimum Gasteiger partial charge on any atom is -0.0683 e. The highest BCUT2D eigenvalue weighted by atomic mass is 14.5. The van der Waals surface area contributed by atoms with Gasteiger partial charge in [-0.2, -0.15) is 0 Å². The summed E-state index contributed by atoms with van der Waals surface area (Å²) in [4.78, 5) is 0. The van der Waals surface area contributed by atoms with E-state index >= 15 is 0 Å². The highest BCUT2D eigenvalue weighted by Gasteiger charge is 2.49. The van der Waals surface area contributed by atoms with Gasteiger partial charge in [-0.25, -0.2) is 0 Å². The lowest BCUT2D eigenvalue weighted by Crippen LogP contribution is -2.47. The van der Waals surface area contributed by atoms with E-state index in [1.807, 2.05) is 13.8 Å². The van der Waals surface area contributed by atoms with Gasteiger partial charge in [-0.15, -0.1) is 0 Å². The van der Waals surface area contributed by atoms with Gasteiger partial charge in [0.15, 0.2) is 0 Å². The first-order valence-electron chi connectivity index (χ1n) is 6.65. The van der Waals surface area contributed by atoms with Crippen LogP contribution in [0.25, 0.3) is 0 Å². The second kappa shape index (κ2) is 4.68. The Labute approximate surface area is 90.5 Å². The topological polar surface area (TPSA) is 0 Å². The van der Waals surface area contributed by atoms with E-state index in [9.17, 15) is 0 Å². The molecule has 84 valence electrons. The first kappa shape index (κ1) is 12.1. The van der Waals surface area contributed by atoms with Crippen LogP contribution >= 0.6 is 0 Å². The van der Waals surface area contributed by atoms with Crippen molar-refractivity contribution in [3.8, 4) is 0 Å². The molecule has 2 rings (SSSR count). The molecule has 0 spiro atoms. The zero-order chi connectivity index (χ0) is 10.8. The molecule has 0 aromatic rings. The zero-order valence-corrected chi connectivity index (χ0v) is 10.8. The van der Waals surface area contributed by atoms with Crippen LogP contribution < -0.4 is 0 Å². The third-order valence-corrected chi connectivity index (χ3v) is 4.53. The fraction of sp³-hybridized carbons (Fsp3) is 1.00. The third kappa shape index (κ3) is 1.99. The summed E-state index contributed by atoms with van der Waals surface area (Å²) in [6.45, 7) is 11.4. The predicted octanol–water partition coefficient (Wildman–Crippen LogP) is 4.89. The quantitative estimate of drug-likeness (QED) is 0.560.